The summed E-state index contributed by atoms with van der Waals surface area (Å²) >= 11 is 0. The van der Waals surface area contributed by atoms with Gasteiger partial charge < -0.3 is 15.2 Å². The number of guanidine groups is 1. The van der Waals surface area contributed by atoms with E-state index in [1.165, 1.54) is 11.1 Å². The summed E-state index contributed by atoms with van der Waals surface area (Å²) in [6.45, 7) is 11.6. The number of benzene rings is 1. The van der Waals surface area contributed by atoms with Crippen molar-refractivity contribution in [3.8, 4) is 0 Å². The maximum Gasteiger partial charge on any atom is 0.190 e. The van der Waals surface area contributed by atoms with E-state index in [1.807, 2.05) is 26.4 Å². The minimum absolute atomic E-state index is 0.208. The molecule has 5 heteroatoms. The van der Waals surface area contributed by atoms with Crippen LogP contribution in [0, 0.1) is 6.92 Å². The summed E-state index contributed by atoms with van der Waals surface area (Å²) in [5.41, 5.74) is 2.93. The summed E-state index contributed by atoms with van der Waals surface area (Å²) in [6, 6.07) is 8.95. The summed E-state index contributed by atoms with van der Waals surface area (Å²) in [5, 5.41) is 6.79. The van der Waals surface area contributed by atoms with Gasteiger partial charge in [0.05, 0.1) is 0 Å². The Labute approximate surface area is 164 Å². The van der Waals surface area contributed by atoms with Gasteiger partial charge in [0.25, 0.3) is 0 Å². The molecule has 0 amide bonds. The predicted octanol–water partition coefficient (Wildman–Crippen LogP) is 3.68. The predicted molar refractivity (Wildman–Crippen MR) is 114 cm³/mol. The van der Waals surface area contributed by atoms with E-state index in [0.29, 0.717) is 0 Å². The van der Waals surface area contributed by atoms with Gasteiger partial charge in [0.15, 0.2) is 5.96 Å². The van der Waals surface area contributed by atoms with E-state index in [9.17, 15) is 0 Å². The molecular formula is C22H35N5. The Morgan fingerprint density at radius 1 is 1.07 bits per heavy atom. The smallest absolute Gasteiger partial charge is 0.190 e. The van der Waals surface area contributed by atoms with Gasteiger partial charge in [-0.1, -0.05) is 45.0 Å². The highest BCUT2D eigenvalue weighted by Crippen LogP contribution is 2.22. The molecule has 2 aromatic rings. The van der Waals surface area contributed by atoms with Crippen molar-refractivity contribution in [2.45, 2.75) is 58.9 Å². The van der Waals surface area contributed by atoms with Gasteiger partial charge in [-0.15, -0.1) is 0 Å². The molecule has 0 bridgehead atoms. The molecule has 0 radical (unpaired) electrons. The van der Waals surface area contributed by atoms with Gasteiger partial charge in [-0.2, -0.15) is 0 Å². The number of hydrogen-bond acceptors (Lipinski definition) is 2. The molecule has 2 N–H and O–H groups in total. The Morgan fingerprint density at radius 2 is 1.78 bits per heavy atom. The van der Waals surface area contributed by atoms with Crippen molar-refractivity contribution in [3.05, 3.63) is 53.6 Å². The van der Waals surface area contributed by atoms with Crippen molar-refractivity contribution in [1.82, 2.24) is 20.2 Å². The number of nitrogens with zero attached hydrogens (tertiary/aromatic N) is 3. The molecule has 0 aliphatic rings. The first-order valence-corrected chi connectivity index (χ1v) is 9.92. The zero-order chi connectivity index (χ0) is 19.7. The quantitative estimate of drug-likeness (QED) is 0.424. The Balaban J connectivity index is 1.63. The molecule has 0 fully saturated rings. The number of unbranched alkanes of at least 4 members (excludes halogenated alkanes) is 1. The highest BCUT2D eigenvalue weighted by Gasteiger charge is 2.12. The average Bonchev–Trinajstić information content (AvgIpc) is 3.04. The van der Waals surface area contributed by atoms with Crippen LogP contribution >= 0.6 is 0 Å². The third-order valence-electron chi connectivity index (χ3n) is 4.79. The van der Waals surface area contributed by atoms with Gasteiger partial charge >= 0.3 is 0 Å². The molecule has 0 atom stereocenters. The largest absolute Gasteiger partial charge is 0.356 e. The highest BCUT2D eigenvalue weighted by atomic mass is 15.2. The van der Waals surface area contributed by atoms with Crippen LogP contribution < -0.4 is 10.6 Å². The lowest BCUT2D eigenvalue weighted by Gasteiger charge is -2.19. The van der Waals surface area contributed by atoms with Crippen LogP contribution in [0.4, 0.5) is 0 Å². The second-order valence-electron chi connectivity index (χ2n) is 8.00. The number of aromatic nitrogens is 2. The van der Waals surface area contributed by atoms with E-state index in [4.69, 9.17) is 0 Å². The van der Waals surface area contributed by atoms with Crippen LogP contribution in [0.1, 0.15) is 50.6 Å². The Bertz CT molecular complexity index is 707. The van der Waals surface area contributed by atoms with Crippen molar-refractivity contribution in [2.75, 3.05) is 20.1 Å². The van der Waals surface area contributed by atoms with Crippen molar-refractivity contribution >= 4 is 5.96 Å². The summed E-state index contributed by atoms with van der Waals surface area (Å²) in [5.74, 6) is 1.95. The zero-order valence-corrected chi connectivity index (χ0v) is 17.5. The molecule has 1 aromatic heterocycles. The minimum atomic E-state index is 0.208. The van der Waals surface area contributed by atoms with Crippen molar-refractivity contribution < 1.29 is 0 Å². The van der Waals surface area contributed by atoms with Crippen LogP contribution in [-0.4, -0.2) is 35.6 Å². The van der Waals surface area contributed by atoms with Crippen LogP contribution in [-0.2, 0) is 18.4 Å². The van der Waals surface area contributed by atoms with E-state index in [-0.39, 0.29) is 5.41 Å². The van der Waals surface area contributed by atoms with Crippen molar-refractivity contribution in [3.63, 3.8) is 0 Å². The van der Waals surface area contributed by atoms with Crippen LogP contribution in [0.15, 0.2) is 41.7 Å². The van der Waals surface area contributed by atoms with Gasteiger partial charge in [0.1, 0.15) is 5.82 Å². The summed E-state index contributed by atoms with van der Waals surface area (Å²) < 4.78 is 2.19. The first-order valence-electron chi connectivity index (χ1n) is 9.92. The monoisotopic (exact) mass is 369 g/mol. The molecule has 0 saturated carbocycles. The second kappa shape index (κ2) is 10.1. The normalized spacial score (nSPS) is 12.3. The fourth-order valence-corrected chi connectivity index (χ4v) is 2.97. The maximum absolute atomic E-state index is 4.31. The molecular weight excluding hydrogens is 334 g/mol. The molecule has 148 valence electrons. The third-order valence-corrected chi connectivity index (χ3v) is 4.79. The first-order chi connectivity index (χ1) is 12.9. The van der Waals surface area contributed by atoms with Crippen LogP contribution in [0.2, 0.25) is 0 Å². The van der Waals surface area contributed by atoms with Gasteiger partial charge in [0, 0.05) is 39.1 Å². The number of nitrogens with one attached hydrogen (secondary N) is 2. The van der Waals surface area contributed by atoms with Crippen molar-refractivity contribution in [2.24, 2.45) is 4.99 Å². The number of hydrogen-bond donors (Lipinski definition) is 2. The van der Waals surface area contributed by atoms with E-state index in [1.54, 1.807) is 0 Å². The number of imidazole rings is 1. The molecule has 27 heavy (non-hydrogen) atoms. The highest BCUT2D eigenvalue weighted by molar-refractivity contribution is 5.79. The molecule has 2 rings (SSSR count). The average molecular weight is 370 g/mol. The van der Waals surface area contributed by atoms with Gasteiger partial charge in [0.2, 0.25) is 0 Å². The Hall–Kier alpha value is -2.30. The molecule has 1 heterocycles. The topological polar surface area (TPSA) is 54.2 Å². The molecule has 0 unspecified atom stereocenters. The number of aliphatic imine (C=N–C) groups is 1. The minimum Gasteiger partial charge on any atom is -0.356 e. The fourth-order valence-electron chi connectivity index (χ4n) is 2.97. The van der Waals surface area contributed by atoms with Gasteiger partial charge in [-0.3, -0.25) is 4.99 Å². The molecule has 0 saturated heterocycles. The van der Waals surface area contributed by atoms with E-state index < -0.39 is 0 Å². The lowest BCUT2D eigenvalue weighted by atomic mass is 9.86. The standard InChI is InChI=1S/C22H35N5/c1-18-24-15-17-27(18)16-7-6-13-25-21(23-5)26-14-12-19-8-10-20(11-9-19)22(2,3)4/h8-11,15,17H,6-7,12-14,16H2,1-5H3,(H2,23,25,26). The van der Waals surface area contributed by atoms with Crippen LogP contribution in [0.5, 0.6) is 0 Å². The molecule has 0 aliphatic heterocycles. The molecule has 5 nitrogen and oxygen atoms in total. The summed E-state index contributed by atoms with van der Waals surface area (Å²) in [7, 11) is 1.82. The second-order valence-corrected chi connectivity index (χ2v) is 8.00. The summed E-state index contributed by atoms with van der Waals surface area (Å²) in [6.07, 6.45) is 7.12. The van der Waals surface area contributed by atoms with Crippen LogP contribution in [0.3, 0.4) is 0 Å². The fraction of sp³-hybridized carbons (Fsp3) is 0.545. The van der Waals surface area contributed by atoms with Crippen LogP contribution in [0.25, 0.3) is 0 Å². The van der Waals surface area contributed by atoms with Gasteiger partial charge in [-0.05, 0) is 42.7 Å². The Morgan fingerprint density at radius 3 is 2.37 bits per heavy atom. The third kappa shape index (κ3) is 7.08. The summed E-state index contributed by atoms with van der Waals surface area (Å²) in [4.78, 5) is 8.56. The lowest BCUT2D eigenvalue weighted by Crippen LogP contribution is -2.38. The molecule has 0 aliphatic carbocycles. The SMILES string of the molecule is CN=C(NCCCCn1ccnc1C)NCCc1ccc(C(C)(C)C)cc1. The lowest BCUT2D eigenvalue weighted by molar-refractivity contribution is 0.588. The molecule has 1 aromatic carbocycles. The number of aryl methyl sites for hydroxylation is 2. The number of rotatable bonds is 8. The van der Waals surface area contributed by atoms with E-state index in [2.05, 4.69) is 70.2 Å². The maximum atomic E-state index is 4.31. The van der Waals surface area contributed by atoms with E-state index >= 15 is 0 Å². The van der Waals surface area contributed by atoms with E-state index in [0.717, 1.165) is 50.7 Å². The van der Waals surface area contributed by atoms with Gasteiger partial charge in [-0.25, -0.2) is 4.98 Å². The Kier molecular flexibility index (Phi) is 7.89. The van der Waals surface area contributed by atoms with Crippen molar-refractivity contribution in [1.29, 1.82) is 0 Å². The molecule has 0 spiro atoms. The zero-order valence-electron chi connectivity index (χ0n) is 17.5. The first kappa shape index (κ1) is 21.0.